The van der Waals surface area contributed by atoms with Crippen LogP contribution in [0.1, 0.15) is 168 Å². The lowest BCUT2D eigenvalue weighted by Gasteiger charge is -2.26. The average Bonchev–Trinajstić information content (AvgIpc) is 3.44. The molecule has 0 radical (unpaired) electrons. The number of rotatable bonds is 52. The molecule has 0 aliphatic carbocycles. The van der Waals surface area contributed by atoms with Crippen molar-refractivity contribution in [3.05, 3.63) is 207 Å². The Morgan fingerprint density at radius 3 is 1.01 bits per heavy atom. The molecule has 0 aliphatic rings. The van der Waals surface area contributed by atoms with Crippen LogP contribution in [-0.4, -0.2) is 82.3 Å². The molecule has 0 bridgehead atoms. The smallest absolute Gasteiger partial charge is 0.306 e. The third kappa shape index (κ3) is 61.3. The molecule has 0 aliphatic heterocycles. The zero-order chi connectivity index (χ0) is 59.1. The molecule has 0 saturated heterocycles. The van der Waals surface area contributed by atoms with Gasteiger partial charge in [-0.2, -0.15) is 0 Å². The van der Waals surface area contributed by atoms with E-state index in [0.29, 0.717) is 23.9 Å². The van der Waals surface area contributed by atoms with Gasteiger partial charge in [-0.1, -0.05) is 227 Å². The van der Waals surface area contributed by atoms with Gasteiger partial charge in [0, 0.05) is 12.8 Å². The van der Waals surface area contributed by atoms with Gasteiger partial charge >= 0.3 is 11.9 Å². The summed E-state index contributed by atoms with van der Waals surface area (Å²) in [7, 11) is 5.87. The standard InChI is InChI=1S/C72H107NO8/c1-6-8-10-12-14-16-18-20-22-24-26-27-28-29-30-31-32-33-34-35-36-37-38-39-40-41-42-43-45-47-49-51-53-55-57-59-61-63-70(75)81-68(67-80-72(71(76)77)78-65-64-73(3,4)5)66-79-69(74)62-60-58-56-54-52-50-48-46-44-25-23-21-19-17-15-13-11-9-7-2/h8-11,14-17,20-23,26-27,29-30,32-33,35-36,38-39,41-42,44-47,50-53,56,58,68,72H,6-7,12-13,18-19,24-25,28,31,34,37,40,43,48-49,54-55,57,59-67H2,1-5H3/b10-8-,11-9-,16-14-,17-15-,22-20-,23-21-,27-26-,30-29-,33-32-,36-35-,39-38-,42-41-,46-44-,47-45-,52-50-,53-51-,58-56-. The Morgan fingerprint density at radius 1 is 0.370 bits per heavy atom. The Bertz CT molecular complexity index is 2070. The molecular weight excluding hydrogens is 1010 g/mol. The minimum Gasteiger partial charge on any atom is -0.545 e. The molecule has 0 heterocycles. The second-order valence-corrected chi connectivity index (χ2v) is 20.2. The number of esters is 2. The first kappa shape index (κ1) is 74.9. The van der Waals surface area contributed by atoms with Crippen LogP contribution in [0.25, 0.3) is 0 Å². The number of allylic oxidation sites excluding steroid dienone is 34. The Balaban J connectivity index is 4.42. The number of carboxylic acid groups (broad SMARTS) is 1. The number of carbonyl (C=O) groups is 3. The molecule has 448 valence electrons. The summed E-state index contributed by atoms with van der Waals surface area (Å²) < 4.78 is 22.5. The van der Waals surface area contributed by atoms with E-state index in [-0.39, 0.29) is 32.7 Å². The van der Waals surface area contributed by atoms with Gasteiger partial charge in [-0.15, -0.1) is 0 Å². The van der Waals surface area contributed by atoms with Crippen LogP contribution in [0.3, 0.4) is 0 Å². The summed E-state index contributed by atoms with van der Waals surface area (Å²) in [6, 6.07) is 0. The zero-order valence-electron chi connectivity index (χ0n) is 50.8. The lowest BCUT2D eigenvalue weighted by atomic mass is 10.1. The number of hydrogen-bond acceptors (Lipinski definition) is 8. The fourth-order valence-corrected chi connectivity index (χ4v) is 6.98. The molecule has 0 N–H and O–H groups in total. The molecule has 9 nitrogen and oxygen atoms in total. The fourth-order valence-electron chi connectivity index (χ4n) is 6.98. The Labute approximate surface area is 493 Å². The van der Waals surface area contributed by atoms with Gasteiger partial charge in [-0.3, -0.25) is 9.59 Å². The number of carboxylic acids is 1. The predicted octanol–water partition coefficient (Wildman–Crippen LogP) is 17.1. The SMILES string of the molecule is CC/C=C\C/C=C\C/C=C\C/C=C\C/C=C\C/C=C\C/C=C\C/C=C\C/C=C\C/C=C\C/C=C\CCCCCC(=O)OC(COC(=O)CC/C=C\C/C=C\C/C=C\C/C=C\C/C=C\C/C=C\CC)COC(OCC[N+](C)(C)C)C(=O)[O-]. The molecule has 81 heavy (non-hydrogen) atoms. The molecule has 0 saturated carbocycles. The Kier molecular flexibility index (Phi) is 55.4. The maximum atomic E-state index is 12.9. The van der Waals surface area contributed by atoms with E-state index < -0.39 is 30.3 Å². The van der Waals surface area contributed by atoms with Crippen molar-refractivity contribution in [3.63, 3.8) is 0 Å². The highest BCUT2D eigenvalue weighted by Gasteiger charge is 2.21. The maximum Gasteiger partial charge on any atom is 0.306 e. The summed E-state index contributed by atoms with van der Waals surface area (Å²) in [5, 5.41) is 11.8. The first-order chi connectivity index (χ1) is 39.6. The summed E-state index contributed by atoms with van der Waals surface area (Å²) >= 11 is 0. The Morgan fingerprint density at radius 2 is 0.691 bits per heavy atom. The molecule has 0 spiro atoms. The largest absolute Gasteiger partial charge is 0.545 e. The van der Waals surface area contributed by atoms with Crippen molar-refractivity contribution in [2.24, 2.45) is 0 Å². The van der Waals surface area contributed by atoms with E-state index in [4.69, 9.17) is 18.9 Å². The minimum atomic E-state index is -1.66. The summed E-state index contributed by atoms with van der Waals surface area (Å²) in [6.07, 6.45) is 91.9. The summed E-state index contributed by atoms with van der Waals surface area (Å²) in [5.41, 5.74) is 0. The Hall–Kier alpha value is -6.13. The number of unbranched alkanes of at least 4 members (excludes halogenated alkanes) is 3. The predicted molar refractivity (Wildman–Crippen MR) is 342 cm³/mol. The molecule has 0 rings (SSSR count). The summed E-state index contributed by atoms with van der Waals surface area (Å²) in [4.78, 5) is 37.2. The van der Waals surface area contributed by atoms with Crippen LogP contribution in [0.15, 0.2) is 207 Å². The van der Waals surface area contributed by atoms with Gasteiger partial charge in [0.2, 0.25) is 0 Å². The first-order valence-corrected chi connectivity index (χ1v) is 30.2. The van der Waals surface area contributed by atoms with Gasteiger partial charge in [0.05, 0.1) is 40.3 Å². The number of quaternary nitrogens is 1. The van der Waals surface area contributed by atoms with Crippen LogP contribution in [-0.2, 0) is 33.3 Å². The lowest BCUT2D eigenvalue weighted by Crippen LogP contribution is -2.44. The second-order valence-electron chi connectivity index (χ2n) is 20.2. The van der Waals surface area contributed by atoms with E-state index >= 15 is 0 Å². The highest BCUT2D eigenvalue weighted by molar-refractivity contribution is 5.70. The minimum absolute atomic E-state index is 0.117. The number of hydrogen-bond donors (Lipinski definition) is 0. The van der Waals surface area contributed by atoms with Gasteiger partial charge in [-0.05, 0) is 135 Å². The van der Waals surface area contributed by atoms with Crippen molar-refractivity contribution in [2.75, 3.05) is 47.5 Å². The monoisotopic (exact) mass is 1110 g/mol. The summed E-state index contributed by atoms with van der Waals surface area (Å²) in [5.74, 6) is -2.47. The molecule has 2 atom stereocenters. The van der Waals surface area contributed by atoms with Crippen molar-refractivity contribution < 1.29 is 42.9 Å². The number of nitrogens with zero attached hydrogens (tertiary/aromatic N) is 1. The van der Waals surface area contributed by atoms with Crippen LogP contribution in [0.2, 0.25) is 0 Å². The van der Waals surface area contributed by atoms with Gasteiger partial charge in [0.15, 0.2) is 12.4 Å². The normalized spacial score (nSPS) is 14.2. The second kappa shape index (κ2) is 60.0. The van der Waals surface area contributed by atoms with Crippen LogP contribution >= 0.6 is 0 Å². The first-order valence-electron chi connectivity index (χ1n) is 30.2. The van der Waals surface area contributed by atoms with Crippen molar-refractivity contribution >= 4 is 17.9 Å². The molecule has 2 unspecified atom stereocenters. The number of ether oxygens (including phenoxy) is 4. The van der Waals surface area contributed by atoms with Crippen LogP contribution in [0, 0.1) is 0 Å². The number of likely N-dealkylation sites (N-methyl/N-ethyl adjacent to an activating group) is 1. The topological polar surface area (TPSA) is 111 Å². The highest BCUT2D eigenvalue weighted by Crippen LogP contribution is 2.10. The van der Waals surface area contributed by atoms with Gasteiger partial charge in [0.1, 0.15) is 13.2 Å². The van der Waals surface area contributed by atoms with Crippen molar-refractivity contribution in [3.8, 4) is 0 Å². The maximum absolute atomic E-state index is 12.9. The average molecular weight is 1110 g/mol. The summed E-state index contributed by atoms with van der Waals surface area (Å²) in [6.45, 7) is 4.34. The van der Waals surface area contributed by atoms with Gasteiger partial charge in [-0.25, -0.2) is 0 Å². The quantitative estimate of drug-likeness (QED) is 0.0195. The van der Waals surface area contributed by atoms with Gasteiger partial charge < -0.3 is 33.3 Å². The fraction of sp³-hybridized carbons (Fsp3) is 0.486. The molecule has 0 aromatic rings. The molecule has 9 heteroatoms. The van der Waals surface area contributed by atoms with E-state index in [1.807, 2.05) is 33.3 Å². The van der Waals surface area contributed by atoms with E-state index in [1.165, 1.54) is 0 Å². The molecular formula is C72H107NO8. The number of aliphatic carboxylic acids is 1. The van der Waals surface area contributed by atoms with Crippen molar-refractivity contribution in [2.45, 2.75) is 180 Å². The third-order valence-electron chi connectivity index (χ3n) is 11.5. The zero-order valence-corrected chi connectivity index (χ0v) is 50.8. The van der Waals surface area contributed by atoms with Gasteiger partial charge in [0.25, 0.3) is 0 Å². The van der Waals surface area contributed by atoms with Crippen molar-refractivity contribution in [1.29, 1.82) is 0 Å². The molecule has 0 fully saturated rings. The van der Waals surface area contributed by atoms with Crippen molar-refractivity contribution in [1.82, 2.24) is 0 Å². The van der Waals surface area contributed by atoms with Crippen LogP contribution in [0.5, 0.6) is 0 Å². The van der Waals surface area contributed by atoms with Crippen LogP contribution in [0.4, 0.5) is 0 Å². The lowest BCUT2D eigenvalue weighted by molar-refractivity contribution is -0.870. The third-order valence-corrected chi connectivity index (χ3v) is 11.5. The van der Waals surface area contributed by atoms with E-state index in [9.17, 15) is 19.5 Å². The molecule has 0 aromatic heterocycles. The van der Waals surface area contributed by atoms with E-state index in [0.717, 1.165) is 128 Å². The van der Waals surface area contributed by atoms with Crippen LogP contribution < -0.4 is 5.11 Å². The molecule has 0 aromatic carbocycles. The molecule has 0 amide bonds. The number of carbonyl (C=O) groups excluding carboxylic acids is 3. The van der Waals surface area contributed by atoms with E-state index in [2.05, 4.69) is 208 Å². The van der Waals surface area contributed by atoms with E-state index in [1.54, 1.807) is 0 Å². The highest BCUT2D eigenvalue weighted by atomic mass is 16.7.